The van der Waals surface area contributed by atoms with Crippen molar-refractivity contribution in [3.63, 3.8) is 0 Å². The number of carbonyl (C=O) groups excluding carboxylic acids is 1. The highest BCUT2D eigenvalue weighted by Gasteiger charge is 2.13. The van der Waals surface area contributed by atoms with E-state index in [4.69, 9.17) is 17.3 Å². The molecule has 0 saturated carbocycles. The lowest BCUT2D eigenvalue weighted by atomic mass is 10.2. The summed E-state index contributed by atoms with van der Waals surface area (Å²) >= 11 is 9.06. The Morgan fingerprint density at radius 3 is 2.55 bits per heavy atom. The van der Waals surface area contributed by atoms with Crippen LogP contribution in [-0.4, -0.2) is 5.91 Å². The van der Waals surface area contributed by atoms with E-state index in [1.54, 1.807) is 6.07 Å². The fraction of sp³-hybridized carbons (Fsp3) is 0. The molecule has 2 aromatic carbocycles. The fourth-order valence-electron chi connectivity index (χ4n) is 1.49. The Balaban J connectivity index is 2.27. The summed E-state index contributed by atoms with van der Waals surface area (Å²) in [7, 11) is 0. The van der Waals surface area contributed by atoms with Gasteiger partial charge >= 0.3 is 0 Å². The summed E-state index contributed by atoms with van der Waals surface area (Å²) in [5.74, 6) is -2.37. The highest BCUT2D eigenvalue weighted by Crippen LogP contribution is 2.25. The summed E-state index contributed by atoms with van der Waals surface area (Å²) in [5, 5.41) is 2.65. The first-order valence-corrected chi connectivity index (χ1v) is 6.56. The van der Waals surface area contributed by atoms with Crippen molar-refractivity contribution in [2.45, 2.75) is 0 Å². The Morgan fingerprint density at radius 2 is 1.90 bits per heavy atom. The van der Waals surface area contributed by atoms with Crippen LogP contribution in [0.3, 0.4) is 0 Å². The maximum Gasteiger partial charge on any atom is 0.255 e. The van der Waals surface area contributed by atoms with Crippen LogP contribution in [0.5, 0.6) is 0 Å². The number of rotatable bonds is 2. The van der Waals surface area contributed by atoms with Gasteiger partial charge in [0.2, 0.25) is 0 Å². The first-order chi connectivity index (χ1) is 9.38. The largest absolute Gasteiger partial charge is 0.396 e. The molecule has 0 unspecified atom stereocenters. The summed E-state index contributed by atoms with van der Waals surface area (Å²) in [6.07, 6.45) is 0. The van der Waals surface area contributed by atoms with Crippen molar-refractivity contribution >= 4 is 44.8 Å². The molecular formula is C13H8BrClF2N2O. The van der Waals surface area contributed by atoms with Gasteiger partial charge in [-0.3, -0.25) is 4.79 Å². The van der Waals surface area contributed by atoms with Gasteiger partial charge in [0.05, 0.1) is 16.4 Å². The van der Waals surface area contributed by atoms with Crippen LogP contribution in [0, 0.1) is 11.6 Å². The maximum atomic E-state index is 13.5. The first kappa shape index (κ1) is 14.7. The fourth-order valence-corrected chi connectivity index (χ4v) is 1.92. The quantitative estimate of drug-likeness (QED) is 0.787. The molecule has 2 aromatic rings. The summed E-state index contributed by atoms with van der Waals surface area (Å²) < 4.78 is 27.2. The van der Waals surface area contributed by atoms with Gasteiger partial charge in [-0.15, -0.1) is 0 Å². The second-order valence-electron chi connectivity index (χ2n) is 3.94. The standard InChI is InChI=1S/C13H8BrClF2N2O/c14-7-2-1-6(3-8(7)15)13(20)19-12-5-11(18)9(16)4-10(12)17/h1-5H,18H2,(H,19,20). The molecule has 0 bridgehead atoms. The van der Waals surface area contributed by atoms with Crippen LogP contribution in [0.25, 0.3) is 0 Å². The molecule has 0 fully saturated rings. The van der Waals surface area contributed by atoms with Crippen molar-refractivity contribution < 1.29 is 13.6 Å². The van der Waals surface area contributed by atoms with Gasteiger partial charge in [-0.25, -0.2) is 8.78 Å². The molecule has 7 heteroatoms. The highest BCUT2D eigenvalue weighted by atomic mass is 79.9. The zero-order chi connectivity index (χ0) is 14.9. The molecule has 0 aliphatic heterocycles. The van der Waals surface area contributed by atoms with E-state index in [2.05, 4.69) is 21.2 Å². The van der Waals surface area contributed by atoms with Crippen LogP contribution in [0.4, 0.5) is 20.2 Å². The third kappa shape index (κ3) is 3.08. The number of amides is 1. The Bertz CT molecular complexity index is 694. The minimum absolute atomic E-state index is 0.201. The molecule has 0 atom stereocenters. The lowest BCUT2D eigenvalue weighted by Crippen LogP contribution is -2.13. The molecule has 0 aromatic heterocycles. The summed E-state index contributed by atoms with van der Waals surface area (Å²) in [4.78, 5) is 11.9. The SMILES string of the molecule is Nc1cc(NC(=O)c2ccc(Br)c(Cl)c2)c(F)cc1F. The molecule has 0 heterocycles. The van der Waals surface area contributed by atoms with Gasteiger partial charge in [-0.2, -0.15) is 0 Å². The minimum Gasteiger partial charge on any atom is -0.396 e. The molecule has 0 radical (unpaired) electrons. The van der Waals surface area contributed by atoms with Gasteiger partial charge in [-0.05, 0) is 40.2 Å². The van der Waals surface area contributed by atoms with Gasteiger partial charge in [0.25, 0.3) is 5.91 Å². The van der Waals surface area contributed by atoms with E-state index in [9.17, 15) is 13.6 Å². The van der Waals surface area contributed by atoms with Crippen LogP contribution < -0.4 is 11.1 Å². The molecule has 3 nitrogen and oxygen atoms in total. The Morgan fingerprint density at radius 1 is 1.20 bits per heavy atom. The summed E-state index contributed by atoms with van der Waals surface area (Å²) in [5.41, 5.74) is 5.11. The van der Waals surface area contributed by atoms with Gasteiger partial charge in [0.1, 0.15) is 11.6 Å². The van der Waals surface area contributed by atoms with Gasteiger partial charge in [-0.1, -0.05) is 11.6 Å². The molecule has 0 saturated heterocycles. The zero-order valence-electron chi connectivity index (χ0n) is 9.88. The molecule has 3 N–H and O–H groups in total. The number of benzene rings is 2. The van der Waals surface area contributed by atoms with E-state index in [1.807, 2.05) is 0 Å². The van der Waals surface area contributed by atoms with Crippen molar-refractivity contribution in [1.82, 2.24) is 0 Å². The van der Waals surface area contributed by atoms with Crippen LogP contribution >= 0.6 is 27.5 Å². The van der Waals surface area contributed by atoms with E-state index < -0.39 is 17.5 Å². The average Bonchev–Trinajstić information content (AvgIpc) is 2.39. The number of nitrogen functional groups attached to an aromatic ring is 1. The number of halogens is 4. The number of carbonyl (C=O) groups is 1. The number of anilines is 2. The molecule has 0 aliphatic rings. The Labute approximate surface area is 126 Å². The van der Waals surface area contributed by atoms with Gasteiger partial charge in [0, 0.05) is 16.1 Å². The smallest absolute Gasteiger partial charge is 0.255 e. The summed E-state index contributed by atoms with van der Waals surface area (Å²) in [6.45, 7) is 0. The molecule has 0 spiro atoms. The highest BCUT2D eigenvalue weighted by molar-refractivity contribution is 9.10. The lowest BCUT2D eigenvalue weighted by molar-refractivity contribution is 0.102. The Kier molecular flexibility index (Phi) is 4.25. The van der Waals surface area contributed by atoms with Crippen molar-refractivity contribution in [2.75, 3.05) is 11.1 Å². The van der Waals surface area contributed by atoms with Crippen molar-refractivity contribution in [2.24, 2.45) is 0 Å². The first-order valence-electron chi connectivity index (χ1n) is 5.39. The average molecular weight is 362 g/mol. The predicted molar refractivity (Wildman–Crippen MR) is 77.9 cm³/mol. The van der Waals surface area contributed by atoms with E-state index in [-0.39, 0.29) is 16.9 Å². The van der Waals surface area contributed by atoms with Crippen LogP contribution in [-0.2, 0) is 0 Å². The molecule has 104 valence electrons. The third-order valence-corrected chi connectivity index (χ3v) is 3.75. The zero-order valence-corrected chi connectivity index (χ0v) is 12.2. The minimum atomic E-state index is -0.909. The molecule has 1 amide bonds. The summed E-state index contributed by atoms with van der Waals surface area (Å²) in [6, 6.07) is 6.15. The van der Waals surface area contributed by atoms with E-state index in [0.29, 0.717) is 15.6 Å². The number of nitrogens with one attached hydrogen (secondary N) is 1. The second kappa shape index (κ2) is 5.76. The van der Waals surface area contributed by atoms with Crippen molar-refractivity contribution in [3.05, 3.63) is 57.0 Å². The molecular weight excluding hydrogens is 354 g/mol. The van der Waals surface area contributed by atoms with E-state index >= 15 is 0 Å². The van der Waals surface area contributed by atoms with Crippen molar-refractivity contribution in [3.8, 4) is 0 Å². The Hall–Kier alpha value is -1.66. The normalized spacial score (nSPS) is 10.4. The van der Waals surface area contributed by atoms with Gasteiger partial charge < -0.3 is 11.1 Å². The lowest BCUT2D eigenvalue weighted by Gasteiger charge is -2.08. The van der Waals surface area contributed by atoms with Gasteiger partial charge in [0.15, 0.2) is 0 Å². The topological polar surface area (TPSA) is 55.1 Å². The predicted octanol–water partition coefficient (Wildman–Crippen LogP) is 4.22. The van der Waals surface area contributed by atoms with E-state index in [0.717, 1.165) is 6.07 Å². The van der Waals surface area contributed by atoms with Crippen LogP contribution in [0.2, 0.25) is 5.02 Å². The molecule has 2 rings (SSSR count). The molecule has 0 aliphatic carbocycles. The molecule has 20 heavy (non-hydrogen) atoms. The third-order valence-electron chi connectivity index (χ3n) is 2.52. The van der Waals surface area contributed by atoms with Crippen molar-refractivity contribution in [1.29, 1.82) is 0 Å². The van der Waals surface area contributed by atoms with Crippen LogP contribution in [0.15, 0.2) is 34.8 Å². The number of hydrogen-bond acceptors (Lipinski definition) is 2. The number of hydrogen-bond donors (Lipinski definition) is 2. The second-order valence-corrected chi connectivity index (χ2v) is 5.20. The number of nitrogens with two attached hydrogens (primary N) is 1. The van der Waals surface area contributed by atoms with E-state index in [1.165, 1.54) is 12.1 Å². The maximum absolute atomic E-state index is 13.5. The monoisotopic (exact) mass is 360 g/mol. The van der Waals surface area contributed by atoms with Crippen LogP contribution in [0.1, 0.15) is 10.4 Å².